The van der Waals surface area contributed by atoms with E-state index in [1.807, 2.05) is 6.07 Å². The van der Waals surface area contributed by atoms with E-state index in [4.69, 9.17) is 39.5 Å². The highest BCUT2D eigenvalue weighted by Gasteiger charge is 2.25. The normalized spacial score (nSPS) is 16.6. The summed E-state index contributed by atoms with van der Waals surface area (Å²) in [6, 6.07) is 8.26. The van der Waals surface area contributed by atoms with E-state index in [2.05, 4.69) is 5.32 Å². The van der Waals surface area contributed by atoms with Crippen LogP contribution >= 0.6 is 34.8 Å². The average Bonchev–Trinajstić information content (AvgIpc) is 2.78. The van der Waals surface area contributed by atoms with Crippen molar-refractivity contribution in [1.82, 2.24) is 0 Å². The number of anilines is 1. The molecule has 104 valence electrons. The van der Waals surface area contributed by atoms with E-state index in [0.29, 0.717) is 33.1 Å². The van der Waals surface area contributed by atoms with Gasteiger partial charge in [0, 0.05) is 11.6 Å². The maximum atomic E-state index is 9.43. The molecule has 0 bridgehead atoms. The highest BCUT2D eigenvalue weighted by molar-refractivity contribution is 6.44. The molecular weight excluding hydrogens is 321 g/mol. The lowest BCUT2D eigenvalue weighted by molar-refractivity contribution is 0.338. The van der Waals surface area contributed by atoms with Crippen molar-refractivity contribution >= 4 is 40.5 Å². The Morgan fingerprint density at radius 1 is 1.05 bits per heavy atom. The molecule has 2 N–H and O–H groups in total. The minimum absolute atomic E-state index is 0.0552. The van der Waals surface area contributed by atoms with E-state index in [9.17, 15) is 5.11 Å². The van der Waals surface area contributed by atoms with Crippen LogP contribution in [0.2, 0.25) is 15.1 Å². The van der Waals surface area contributed by atoms with Gasteiger partial charge in [0.1, 0.15) is 18.1 Å². The molecule has 2 aromatic carbocycles. The highest BCUT2D eigenvalue weighted by Crippen LogP contribution is 2.39. The minimum atomic E-state index is -0.0552. The van der Waals surface area contributed by atoms with Crippen LogP contribution in [0.25, 0.3) is 0 Å². The molecule has 3 rings (SSSR count). The van der Waals surface area contributed by atoms with Crippen molar-refractivity contribution < 1.29 is 9.84 Å². The van der Waals surface area contributed by atoms with Gasteiger partial charge in [0.05, 0.1) is 26.8 Å². The molecule has 0 saturated heterocycles. The summed E-state index contributed by atoms with van der Waals surface area (Å²) in [5.74, 6) is 0.843. The van der Waals surface area contributed by atoms with E-state index in [-0.39, 0.29) is 11.8 Å². The van der Waals surface area contributed by atoms with Gasteiger partial charge in [-0.15, -0.1) is 0 Å². The number of hydrogen-bond donors (Lipinski definition) is 2. The molecule has 1 atom stereocenters. The minimum Gasteiger partial charge on any atom is -0.508 e. The van der Waals surface area contributed by atoms with Gasteiger partial charge in [-0.1, -0.05) is 34.8 Å². The van der Waals surface area contributed by atoms with Gasteiger partial charge < -0.3 is 15.2 Å². The van der Waals surface area contributed by atoms with Gasteiger partial charge in [0.25, 0.3) is 0 Å². The summed E-state index contributed by atoms with van der Waals surface area (Å²) in [6.45, 7) is 0.454. The van der Waals surface area contributed by atoms with Gasteiger partial charge in [0.2, 0.25) is 0 Å². The number of hydrogen-bond acceptors (Lipinski definition) is 3. The molecule has 0 amide bonds. The van der Waals surface area contributed by atoms with E-state index in [0.717, 1.165) is 5.56 Å². The molecule has 0 saturated carbocycles. The number of ether oxygens (including phenoxy) is 1. The fourth-order valence-electron chi connectivity index (χ4n) is 2.14. The lowest BCUT2D eigenvalue weighted by Gasteiger charge is -2.15. The smallest absolute Gasteiger partial charge is 0.128 e. The van der Waals surface area contributed by atoms with E-state index < -0.39 is 0 Å². The number of fused-ring (bicyclic) bond motifs is 1. The van der Waals surface area contributed by atoms with E-state index in [1.54, 1.807) is 24.3 Å². The van der Waals surface area contributed by atoms with E-state index in [1.165, 1.54) is 0 Å². The quantitative estimate of drug-likeness (QED) is 0.770. The van der Waals surface area contributed by atoms with Gasteiger partial charge >= 0.3 is 0 Å². The Morgan fingerprint density at radius 2 is 1.80 bits per heavy atom. The lowest BCUT2D eigenvalue weighted by Crippen LogP contribution is -2.12. The average molecular weight is 331 g/mol. The molecule has 20 heavy (non-hydrogen) atoms. The van der Waals surface area contributed by atoms with E-state index >= 15 is 0 Å². The maximum Gasteiger partial charge on any atom is 0.128 e. The van der Waals surface area contributed by atoms with Crippen LogP contribution in [0.3, 0.4) is 0 Å². The molecule has 3 nitrogen and oxygen atoms in total. The Hall–Kier alpha value is -1.29. The predicted octanol–water partition coefficient (Wildman–Crippen LogP) is 4.90. The number of aromatic hydroxyl groups is 1. The Kier molecular flexibility index (Phi) is 3.59. The molecule has 0 aliphatic carbocycles. The summed E-state index contributed by atoms with van der Waals surface area (Å²) < 4.78 is 5.53. The first kappa shape index (κ1) is 13.7. The van der Waals surface area contributed by atoms with Crippen molar-refractivity contribution in [3.8, 4) is 11.5 Å². The molecule has 0 aromatic heterocycles. The van der Waals surface area contributed by atoms with Crippen LogP contribution in [0.4, 0.5) is 5.69 Å². The van der Waals surface area contributed by atoms with Crippen molar-refractivity contribution in [1.29, 1.82) is 0 Å². The van der Waals surface area contributed by atoms with Crippen LogP contribution in [0, 0.1) is 0 Å². The monoisotopic (exact) mass is 329 g/mol. The van der Waals surface area contributed by atoms with Gasteiger partial charge in [-0.3, -0.25) is 0 Å². The zero-order chi connectivity index (χ0) is 14.3. The maximum absolute atomic E-state index is 9.43. The third kappa shape index (κ3) is 2.49. The predicted molar refractivity (Wildman–Crippen MR) is 81.4 cm³/mol. The van der Waals surface area contributed by atoms with Crippen LogP contribution in [0.5, 0.6) is 11.5 Å². The van der Waals surface area contributed by atoms with Crippen molar-refractivity contribution in [3.05, 3.63) is 51.0 Å². The van der Waals surface area contributed by atoms with Crippen LogP contribution in [-0.4, -0.2) is 11.7 Å². The third-order valence-electron chi connectivity index (χ3n) is 3.12. The Morgan fingerprint density at radius 3 is 2.60 bits per heavy atom. The molecule has 1 heterocycles. The van der Waals surface area contributed by atoms with Crippen LogP contribution in [0.1, 0.15) is 11.6 Å². The molecule has 0 fully saturated rings. The first-order chi connectivity index (χ1) is 9.54. The molecule has 1 aliphatic heterocycles. The zero-order valence-electron chi connectivity index (χ0n) is 10.2. The molecule has 2 aromatic rings. The second-order valence-corrected chi connectivity index (χ2v) is 5.70. The molecule has 6 heteroatoms. The van der Waals surface area contributed by atoms with Crippen LogP contribution in [0.15, 0.2) is 30.3 Å². The summed E-state index contributed by atoms with van der Waals surface area (Å²) >= 11 is 18.0. The fourth-order valence-corrected chi connectivity index (χ4v) is 2.74. The van der Waals surface area contributed by atoms with Gasteiger partial charge in [-0.25, -0.2) is 0 Å². The first-order valence-electron chi connectivity index (χ1n) is 5.91. The van der Waals surface area contributed by atoms with Crippen molar-refractivity contribution in [2.75, 3.05) is 11.9 Å². The molecule has 0 spiro atoms. The second-order valence-electron chi connectivity index (χ2n) is 4.48. The summed E-state index contributed by atoms with van der Waals surface area (Å²) in [5, 5.41) is 14.0. The highest BCUT2D eigenvalue weighted by atomic mass is 35.5. The second kappa shape index (κ2) is 5.24. The van der Waals surface area contributed by atoms with Crippen molar-refractivity contribution in [2.24, 2.45) is 0 Å². The molecule has 1 unspecified atom stereocenters. The van der Waals surface area contributed by atoms with Crippen molar-refractivity contribution in [2.45, 2.75) is 6.04 Å². The summed E-state index contributed by atoms with van der Waals surface area (Å²) in [5.41, 5.74) is 1.65. The summed E-state index contributed by atoms with van der Waals surface area (Å²) in [4.78, 5) is 0. The number of rotatable bonds is 2. The largest absolute Gasteiger partial charge is 0.508 e. The number of halogens is 3. The number of benzene rings is 2. The number of phenolic OH excluding ortho intramolecular Hbond substituents is 1. The first-order valence-corrected chi connectivity index (χ1v) is 7.05. The SMILES string of the molecule is Oc1ccc2c(c1)OCC2Nc1cc(Cl)c(Cl)cc1Cl. The fraction of sp³-hybridized carbons (Fsp3) is 0.143. The standard InChI is InChI=1S/C14H10Cl3NO2/c15-9-4-11(17)12(5-10(9)16)18-13-6-20-14-3-7(19)1-2-8(13)14/h1-5,13,18-19H,6H2. The lowest BCUT2D eigenvalue weighted by atomic mass is 10.1. The Labute approximate surface area is 131 Å². The Bertz CT molecular complexity index is 676. The number of nitrogens with one attached hydrogen (secondary N) is 1. The summed E-state index contributed by atoms with van der Waals surface area (Å²) in [6.07, 6.45) is 0. The summed E-state index contributed by atoms with van der Waals surface area (Å²) in [7, 11) is 0. The van der Waals surface area contributed by atoms with Gasteiger partial charge in [-0.2, -0.15) is 0 Å². The van der Waals surface area contributed by atoms with Gasteiger partial charge in [-0.05, 0) is 24.3 Å². The van der Waals surface area contributed by atoms with Gasteiger partial charge in [0.15, 0.2) is 0 Å². The molecular formula is C14H10Cl3NO2. The number of phenols is 1. The third-order valence-corrected chi connectivity index (χ3v) is 4.15. The topological polar surface area (TPSA) is 41.5 Å². The molecule has 0 radical (unpaired) electrons. The zero-order valence-corrected chi connectivity index (χ0v) is 12.4. The van der Waals surface area contributed by atoms with Crippen molar-refractivity contribution in [3.63, 3.8) is 0 Å². The van der Waals surface area contributed by atoms with Crippen LogP contribution in [-0.2, 0) is 0 Å². The van der Waals surface area contributed by atoms with Crippen LogP contribution < -0.4 is 10.1 Å². The molecule has 1 aliphatic rings. The Balaban J connectivity index is 1.89.